The van der Waals surface area contributed by atoms with E-state index in [2.05, 4.69) is 4.98 Å². The highest BCUT2D eigenvalue weighted by Crippen LogP contribution is 2.31. The molecular weight excluding hydrogens is 370 g/mol. The number of pyridine rings is 1. The van der Waals surface area contributed by atoms with Crippen LogP contribution in [0.2, 0.25) is 0 Å². The number of hydrogen-bond donors (Lipinski definition) is 0. The molecule has 2 heterocycles. The van der Waals surface area contributed by atoms with Crippen LogP contribution in [0.15, 0.2) is 103 Å². The van der Waals surface area contributed by atoms with Crippen LogP contribution in [-0.2, 0) is 0 Å². The van der Waals surface area contributed by atoms with Crippen molar-refractivity contribution in [3.05, 3.63) is 115 Å². The number of aromatic nitrogens is 3. The van der Waals surface area contributed by atoms with Crippen molar-refractivity contribution >= 4 is 16.7 Å². The van der Waals surface area contributed by atoms with E-state index in [9.17, 15) is 4.79 Å². The van der Waals surface area contributed by atoms with Crippen LogP contribution in [0.25, 0.3) is 33.4 Å². The molecule has 0 atom stereocenters. The molecule has 0 spiro atoms. The lowest BCUT2D eigenvalue weighted by Gasteiger charge is -2.11. The van der Waals surface area contributed by atoms with Crippen molar-refractivity contribution in [2.75, 3.05) is 0 Å². The van der Waals surface area contributed by atoms with E-state index in [1.807, 2.05) is 84.9 Å². The summed E-state index contributed by atoms with van der Waals surface area (Å²) in [5.74, 6) is -0.0460. The van der Waals surface area contributed by atoms with Gasteiger partial charge in [-0.2, -0.15) is 0 Å². The van der Waals surface area contributed by atoms with Crippen LogP contribution in [0.4, 0.5) is 0 Å². The fraction of sp³-hybridized carbons (Fsp3) is 0. The van der Waals surface area contributed by atoms with Gasteiger partial charge in [0.05, 0.1) is 11.4 Å². The molecule has 0 saturated heterocycles. The molecule has 0 unspecified atom stereocenters. The van der Waals surface area contributed by atoms with Crippen molar-refractivity contribution in [3.63, 3.8) is 0 Å². The normalized spacial score (nSPS) is 10.8. The van der Waals surface area contributed by atoms with Crippen molar-refractivity contribution in [3.8, 4) is 22.5 Å². The first-order valence-corrected chi connectivity index (χ1v) is 9.68. The van der Waals surface area contributed by atoms with Crippen LogP contribution in [0, 0.1) is 0 Å². The number of nitrogens with zero attached hydrogens (tertiary/aromatic N) is 3. The highest BCUT2D eigenvalue weighted by Gasteiger charge is 2.19. The Balaban J connectivity index is 1.81. The molecule has 2 aromatic heterocycles. The zero-order valence-corrected chi connectivity index (χ0v) is 16.1. The van der Waals surface area contributed by atoms with Gasteiger partial charge in [-0.3, -0.25) is 9.78 Å². The molecule has 142 valence electrons. The second-order valence-electron chi connectivity index (χ2n) is 6.88. The average Bonchev–Trinajstić information content (AvgIpc) is 2.84. The van der Waals surface area contributed by atoms with Gasteiger partial charge in [-0.05, 0) is 6.07 Å². The van der Waals surface area contributed by atoms with Crippen LogP contribution >= 0.6 is 0 Å². The molecule has 4 heteroatoms. The topological polar surface area (TPSA) is 55.7 Å². The van der Waals surface area contributed by atoms with Gasteiger partial charge < -0.3 is 0 Å². The quantitative estimate of drug-likeness (QED) is 0.377. The highest BCUT2D eigenvalue weighted by atomic mass is 16.1. The summed E-state index contributed by atoms with van der Waals surface area (Å²) < 4.78 is 0. The third kappa shape index (κ3) is 3.25. The molecule has 0 amide bonds. The summed E-state index contributed by atoms with van der Waals surface area (Å²) in [6.45, 7) is 0. The number of benzene rings is 3. The van der Waals surface area contributed by atoms with Crippen LogP contribution in [0.5, 0.6) is 0 Å². The lowest BCUT2D eigenvalue weighted by atomic mass is 10.0. The highest BCUT2D eigenvalue weighted by molar-refractivity contribution is 6.09. The number of carbonyl (C=O) groups is 1. The minimum Gasteiger partial charge on any atom is -0.285 e. The summed E-state index contributed by atoms with van der Waals surface area (Å²) in [6, 6.07) is 30.7. The second-order valence-corrected chi connectivity index (χ2v) is 6.88. The number of carbonyl (C=O) groups excluding carboxylic acids is 1. The zero-order chi connectivity index (χ0) is 20.3. The van der Waals surface area contributed by atoms with Gasteiger partial charge in [0.2, 0.25) is 11.6 Å². The van der Waals surface area contributed by atoms with E-state index in [4.69, 9.17) is 9.97 Å². The van der Waals surface area contributed by atoms with Gasteiger partial charge in [0.25, 0.3) is 0 Å². The monoisotopic (exact) mass is 387 g/mol. The average molecular weight is 387 g/mol. The van der Waals surface area contributed by atoms with Gasteiger partial charge in [-0.1, -0.05) is 91.0 Å². The molecule has 0 fully saturated rings. The van der Waals surface area contributed by atoms with E-state index in [1.54, 1.807) is 18.3 Å². The minimum absolute atomic E-state index is 0.165. The first kappa shape index (κ1) is 17.9. The van der Waals surface area contributed by atoms with Gasteiger partial charge in [0, 0.05) is 28.3 Å². The lowest BCUT2D eigenvalue weighted by molar-refractivity contribution is 0.103. The first-order chi connectivity index (χ1) is 14.8. The van der Waals surface area contributed by atoms with Gasteiger partial charge in [-0.25, -0.2) is 9.97 Å². The van der Waals surface area contributed by atoms with E-state index in [0.29, 0.717) is 11.1 Å². The summed E-state index contributed by atoms with van der Waals surface area (Å²) >= 11 is 0. The Kier molecular flexibility index (Phi) is 4.58. The third-order valence-electron chi connectivity index (χ3n) is 4.95. The smallest absolute Gasteiger partial charge is 0.230 e. The molecule has 0 saturated carbocycles. The van der Waals surface area contributed by atoms with Gasteiger partial charge in [0.15, 0.2) is 0 Å². The van der Waals surface area contributed by atoms with Crippen molar-refractivity contribution in [1.82, 2.24) is 15.0 Å². The zero-order valence-electron chi connectivity index (χ0n) is 16.1. The molecule has 5 aromatic rings. The predicted octanol–water partition coefficient (Wildman–Crippen LogP) is 5.59. The van der Waals surface area contributed by atoms with E-state index in [-0.39, 0.29) is 11.6 Å². The number of rotatable bonds is 4. The number of hydrogen-bond acceptors (Lipinski definition) is 4. The second kappa shape index (κ2) is 7.68. The Bertz CT molecular complexity index is 1330. The summed E-state index contributed by atoms with van der Waals surface area (Å²) in [5.41, 5.74) is 4.54. The van der Waals surface area contributed by atoms with Crippen molar-refractivity contribution in [2.45, 2.75) is 0 Å². The van der Waals surface area contributed by atoms with Crippen LogP contribution in [0.1, 0.15) is 16.2 Å². The largest absolute Gasteiger partial charge is 0.285 e. The molecule has 3 aromatic carbocycles. The summed E-state index contributed by atoms with van der Waals surface area (Å²) in [5, 5.41) is 0.861. The Morgan fingerprint density at radius 1 is 0.600 bits per heavy atom. The Morgan fingerprint density at radius 3 is 1.80 bits per heavy atom. The van der Waals surface area contributed by atoms with Gasteiger partial charge >= 0.3 is 0 Å². The lowest BCUT2D eigenvalue weighted by Crippen LogP contribution is -2.09. The van der Waals surface area contributed by atoms with Gasteiger partial charge in [-0.15, -0.1) is 0 Å². The van der Waals surface area contributed by atoms with Crippen LogP contribution < -0.4 is 0 Å². The van der Waals surface area contributed by atoms with E-state index in [1.165, 1.54) is 0 Å². The van der Waals surface area contributed by atoms with Gasteiger partial charge in [0.1, 0.15) is 5.52 Å². The Labute approximate surface area is 173 Å². The molecule has 0 bridgehead atoms. The standard InChI is InChI=1S/C26H17N3O/c30-25(20-14-8-3-9-15-20)26-28-22(18-10-4-1-5-11-18)21-16-17-27-23(24(21)29-26)19-12-6-2-7-13-19/h1-17H. The SMILES string of the molecule is O=C(c1ccccc1)c1nc(-c2ccccc2)c2ccnc(-c3ccccc3)c2n1. The fourth-order valence-corrected chi connectivity index (χ4v) is 3.50. The predicted molar refractivity (Wildman–Crippen MR) is 118 cm³/mol. The van der Waals surface area contributed by atoms with Crippen molar-refractivity contribution in [1.29, 1.82) is 0 Å². The molecule has 0 aliphatic rings. The first-order valence-electron chi connectivity index (χ1n) is 9.68. The molecule has 5 rings (SSSR count). The summed E-state index contributed by atoms with van der Waals surface area (Å²) in [7, 11) is 0. The molecule has 0 N–H and O–H groups in total. The molecular formula is C26H17N3O. The molecule has 0 radical (unpaired) electrons. The number of ketones is 1. The summed E-state index contributed by atoms with van der Waals surface area (Å²) in [6.07, 6.45) is 1.76. The van der Waals surface area contributed by atoms with Crippen LogP contribution in [0.3, 0.4) is 0 Å². The molecule has 0 aliphatic heterocycles. The van der Waals surface area contributed by atoms with Crippen molar-refractivity contribution < 1.29 is 4.79 Å². The van der Waals surface area contributed by atoms with E-state index in [0.717, 1.165) is 27.9 Å². The Morgan fingerprint density at radius 2 is 1.17 bits per heavy atom. The maximum atomic E-state index is 13.2. The van der Waals surface area contributed by atoms with Crippen LogP contribution in [-0.4, -0.2) is 20.7 Å². The molecule has 4 nitrogen and oxygen atoms in total. The van der Waals surface area contributed by atoms with Crippen molar-refractivity contribution in [2.24, 2.45) is 0 Å². The van der Waals surface area contributed by atoms with E-state index < -0.39 is 0 Å². The number of fused-ring (bicyclic) bond motifs is 1. The minimum atomic E-state index is -0.211. The van der Waals surface area contributed by atoms with E-state index >= 15 is 0 Å². The maximum absolute atomic E-state index is 13.2. The molecule has 0 aliphatic carbocycles. The third-order valence-corrected chi connectivity index (χ3v) is 4.95. The fourth-order valence-electron chi connectivity index (χ4n) is 3.50. The maximum Gasteiger partial charge on any atom is 0.230 e. The summed E-state index contributed by atoms with van der Waals surface area (Å²) in [4.78, 5) is 27.1. The molecule has 30 heavy (non-hydrogen) atoms. The Hall–Kier alpha value is -4.18.